The zero-order valence-corrected chi connectivity index (χ0v) is 22.1. The van der Waals surface area contributed by atoms with E-state index >= 15 is 0 Å². The largest absolute Gasteiger partial charge is 0.494 e. The molecule has 1 N–H and O–H groups in total. The fourth-order valence-electron chi connectivity index (χ4n) is 4.49. The van der Waals surface area contributed by atoms with Crippen LogP contribution in [0.1, 0.15) is 58.6 Å². The van der Waals surface area contributed by atoms with Crippen molar-refractivity contribution in [1.82, 2.24) is 25.2 Å². The van der Waals surface area contributed by atoms with Crippen molar-refractivity contribution in [2.75, 3.05) is 19.8 Å². The molecular weight excluding hydrogens is 470 g/mol. The Morgan fingerprint density at radius 3 is 2.62 bits per heavy atom. The number of rotatable bonds is 11. The van der Waals surface area contributed by atoms with Crippen LogP contribution in [0.25, 0.3) is 11.0 Å². The molecule has 0 radical (unpaired) electrons. The number of nitrogens with one attached hydrogen (secondary N) is 1. The first-order chi connectivity index (χ1) is 17.8. The van der Waals surface area contributed by atoms with Crippen LogP contribution in [0.15, 0.2) is 48.5 Å². The summed E-state index contributed by atoms with van der Waals surface area (Å²) in [6, 6.07) is 14.1. The number of carbonyl (C=O) groups is 2. The highest BCUT2D eigenvalue weighted by Crippen LogP contribution is 2.28. The summed E-state index contributed by atoms with van der Waals surface area (Å²) < 4.78 is 13.1. The predicted octanol–water partition coefficient (Wildman–Crippen LogP) is 3.88. The molecule has 198 valence electrons. The minimum Gasteiger partial charge on any atom is -0.494 e. The van der Waals surface area contributed by atoms with Gasteiger partial charge in [-0.3, -0.25) is 9.59 Å². The summed E-state index contributed by atoms with van der Waals surface area (Å²) in [5.74, 6) is 0.255. The van der Waals surface area contributed by atoms with Gasteiger partial charge in [0.1, 0.15) is 23.9 Å². The summed E-state index contributed by atoms with van der Waals surface area (Å²) in [6.45, 7) is 9.38. The molecule has 0 aliphatic carbocycles. The molecule has 3 aromatic rings. The van der Waals surface area contributed by atoms with Crippen molar-refractivity contribution in [3.05, 3.63) is 54.1 Å². The Labute approximate surface area is 218 Å². The highest BCUT2D eigenvalue weighted by Gasteiger charge is 2.36. The Hall–Kier alpha value is -3.46. The van der Waals surface area contributed by atoms with Gasteiger partial charge < -0.3 is 19.7 Å². The molecule has 1 fully saturated rings. The van der Waals surface area contributed by atoms with E-state index in [1.807, 2.05) is 76.2 Å². The van der Waals surface area contributed by atoms with Crippen LogP contribution in [0.4, 0.5) is 0 Å². The van der Waals surface area contributed by atoms with E-state index in [0.717, 1.165) is 24.8 Å². The van der Waals surface area contributed by atoms with Crippen molar-refractivity contribution in [2.45, 2.75) is 71.2 Å². The molecule has 37 heavy (non-hydrogen) atoms. The fourth-order valence-corrected chi connectivity index (χ4v) is 4.49. The highest BCUT2D eigenvalue weighted by atomic mass is 16.5. The molecule has 0 spiro atoms. The topological polar surface area (TPSA) is 98.6 Å². The standard InChI is InChI=1S/C28H37N5O4/c1-5-28(3,4)29-27(35)26(20-13-15-21(16-14-20)36-6-2)32(18-22-10-9-17-37-22)25(34)19-33-24-12-8-7-11-23(24)30-31-33/h7-8,11-16,22,26H,5-6,9-10,17-19H2,1-4H3,(H,29,35)/t22-,26+/m0/s1. The number of fused-ring (bicyclic) bond motifs is 1. The quantitative estimate of drug-likeness (QED) is 0.423. The van der Waals surface area contributed by atoms with Crippen LogP contribution < -0.4 is 10.1 Å². The molecular formula is C28H37N5O4. The normalized spacial score (nSPS) is 16.5. The summed E-state index contributed by atoms with van der Waals surface area (Å²) in [5.41, 5.74) is 1.76. The molecule has 2 atom stereocenters. The molecule has 4 rings (SSSR count). The lowest BCUT2D eigenvalue weighted by Gasteiger charge is -2.35. The van der Waals surface area contributed by atoms with Gasteiger partial charge >= 0.3 is 0 Å². The number of para-hydroxylation sites is 1. The van der Waals surface area contributed by atoms with Crippen molar-refractivity contribution in [1.29, 1.82) is 0 Å². The molecule has 2 amide bonds. The van der Waals surface area contributed by atoms with Gasteiger partial charge in [-0.25, -0.2) is 4.68 Å². The lowest BCUT2D eigenvalue weighted by Crippen LogP contribution is -2.52. The van der Waals surface area contributed by atoms with Crippen LogP contribution in [-0.4, -0.2) is 63.1 Å². The molecule has 1 saturated heterocycles. The third kappa shape index (κ3) is 6.46. The van der Waals surface area contributed by atoms with E-state index in [4.69, 9.17) is 9.47 Å². The lowest BCUT2D eigenvalue weighted by molar-refractivity contribution is -0.144. The Bertz CT molecular complexity index is 1200. The van der Waals surface area contributed by atoms with Crippen LogP contribution in [-0.2, 0) is 20.9 Å². The lowest BCUT2D eigenvalue weighted by atomic mass is 9.98. The molecule has 2 heterocycles. The van der Waals surface area contributed by atoms with Crippen LogP contribution in [0.5, 0.6) is 5.75 Å². The third-order valence-corrected chi connectivity index (χ3v) is 6.86. The van der Waals surface area contributed by atoms with Crippen LogP contribution in [0.2, 0.25) is 0 Å². The summed E-state index contributed by atoms with van der Waals surface area (Å²) in [7, 11) is 0. The maximum Gasteiger partial charge on any atom is 0.247 e. The van der Waals surface area contributed by atoms with E-state index in [1.54, 1.807) is 9.58 Å². The van der Waals surface area contributed by atoms with Gasteiger partial charge in [0, 0.05) is 18.7 Å². The van der Waals surface area contributed by atoms with Gasteiger partial charge in [0.15, 0.2) is 0 Å². The second kappa shape index (κ2) is 11.7. The zero-order valence-electron chi connectivity index (χ0n) is 22.1. The highest BCUT2D eigenvalue weighted by molar-refractivity contribution is 5.89. The minimum absolute atomic E-state index is 0.0365. The second-order valence-corrected chi connectivity index (χ2v) is 10.0. The number of ether oxygens (including phenoxy) is 2. The fraction of sp³-hybridized carbons (Fsp3) is 0.500. The molecule has 0 unspecified atom stereocenters. The Kier molecular flexibility index (Phi) is 8.43. The van der Waals surface area contributed by atoms with E-state index < -0.39 is 11.6 Å². The van der Waals surface area contributed by atoms with E-state index in [0.29, 0.717) is 36.6 Å². The molecule has 9 heteroatoms. The summed E-state index contributed by atoms with van der Waals surface area (Å²) in [5, 5.41) is 11.5. The van der Waals surface area contributed by atoms with Gasteiger partial charge in [0.05, 0.1) is 18.2 Å². The van der Waals surface area contributed by atoms with Crippen molar-refractivity contribution in [2.24, 2.45) is 0 Å². The molecule has 1 aliphatic rings. The zero-order chi connectivity index (χ0) is 26.4. The SMILES string of the molecule is CCOc1ccc([C@H](C(=O)NC(C)(C)CC)N(C[C@@H]2CCCO2)C(=O)Cn2nnc3ccccc32)cc1. The number of carbonyl (C=O) groups excluding carboxylic acids is 2. The third-order valence-electron chi connectivity index (χ3n) is 6.86. The summed E-state index contributed by atoms with van der Waals surface area (Å²) >= 11 is 0. The van der Waals surface area contributed by atoms with E-state index in [1.165, 1.54) is 0 Å². The average Bonchev–Trinajstić information content (AvgIpc) is 3.55. The summed E-state index contributed by atoms with van der Waals surface area (Å²) in [6.07, 6.45) is 2.39. The molecule has 1 aliphatic heterocycles. The van der Waals surface area contributed by atoms with E-state index in [-0.39, 0.29) is 24.5 Å². The van der Waals surface area contributed by atoms with Crippen LogP contribution in [0, 0.1) is 0 Å². The smallest absolute Gasteiger partial charge is 0.247 e. The predicted molar refractivity (Wildman–Crippen MR) is 141 cm³/mol. The average molecular weight is 508 g/mol. The number of hydrogen-bond donors (Lipinski definition) is 1. The first-order valence-corrected chi connectivity index (χ1v) is 13.1. The molecule has 2 aromatic carbocycles. The van der Waals surface area contributed by atoms with E-state index in [2.05, 4.69) is 15.6 Å². The maximum atomic E-state index is 13.9. The molecule has 9 nitrogen and oxygen atoms in total. The Morgan fingerprint density at radius 2 is 1.95 bits per heavy atom. The van der Waals surface area contributed by atoms with Crippen molar-refractivity contribution in [3.63, 3.8) is 0 Å². The van der Waals surface area contributed by atoms with Gasteiger partial charge in [0.25, 0.3) is 0 Å². The van der Waals surface area contributed by atoms with Crippen LogP contribution >= 0.6 is 0 Å². The first kappa shape index (κ1) is 26.6. The van der Waals surface area contributed by atoms with Crippen molar-refractivity contribution >= 4 is 22.8 Å². The number of aromatic nitrogens is 3. The monoisotopic (exact) mass is 507 g/mol. The number of amides is 2. The Balaban J connectivity index is 1.71. The van der Waals surface area contributed by atoms with E-state index in [9.17, 15) is 9.59 Å². The number of benzene rings is 2. The van der Waals surface area contributed by atoms with Crippen LogP contribution in [0.3, 0.4) is 0 Å². The van der Waals surface area contributed by atoms with Crippen molar-refractivity contribution < 1.29 is 19.1 Å². The van der Waals surface area contributed by atoms with Crippen molar-refractivity contribution in [3.8, 4) is 5.75 Å². The molecule has 0 bridgehead atoms. The Morgan fingerprint density at radius 1 is 1.19 bits per heavy atom. The molecule has 0 saturated carbocycles. The molecule has 1 aromatic heterocycles. The number of nitrogens with zero attached hydrogens (tertiary/aromatic N) is 4. The second-order valence-electron chi connectivity index (χ2n) is 10.0. The minimum atomic E-state index is -0.840. The van der Waals surface area contributed by atoms with Gasteiger partial charge in [-0.2, -0.15) is 0 Å². The maximum absolute atomic E-state index is 13.9. The van der Waals surface area contributed by atoms with Gasteiger partial charge in [-0.05, 0) is 69.9 Å². The van der Waals surface area contributed by atoms with Gasteiger partial charge in [0.2, 0.25) is 11.8 Å². The number of hydrogen-bond acceptors (Lipinski definition) is 6. The van der Waals surface area contributed by atoms with Gasteiger partial charge in [-0.1, -0.05) is 36.4 Å². The summed E-state index contributed by atoms with van der Waals surface area (Å²) in [4.78, 5) is 29.4. The first-order valence-electron chi connectivity index (χ1n) is 13.1. The van der Waals surface area contributed by atoms with Gasteiger partial charge in [-0.15, -0.1) is 5.10 Å².